The normalized spacial score (nSPS) is 21.6. The summed E-state index contributed by atoms with van der Waals surface area (Å²) in [5.74, 6) is 0. The first-order valence-corrected chi connectivity index (χ1v) is 16.1. The SMILES string of the molecule is C[C@H]([O-])CN1CCN(Cc2cccc(CN3CCN(C[C@H](C)[O-])CCN(C[C@H](C)[O-])CC3)c2)CCN(C[C@H](C)[O-])CC1.O.O.[Fe+5].[Fe+6]. The molecule has 1 aromatic carbocycles. The molecule has 0 bridgehead atoms. The van der Waals surface area contributed by atoms with E-state index in [-0.39, 0.29) is 45.1 Å². The third kappa shape index (κ3) is 19.7. The van der Waals surface area contributed by atoms with Crippen molar-refractivity contribution < 1.29 is 65.5 Å². The van der Waals surface area contributed by atoms with Gasteiger partial charge >= 0.3 is 34.1 Å². The van der Waals surface area contributed by atoms with Crippen LogP contribution >= 0.6 is 0 Å². The third-order valence-corrected chi connectivity index (χ3v) is 8.26. The van der Waals surface area contributed by atoms with Gasteiger partial charge in [-0.15, -0.1) is 24.4 Å². The molecule has 4 atom stereocenters. The van der Waals surface area contributed by atoms with Crippen molar-refractivity contribution in [2.24, 2.45) is 0 Å². The van der Waals surface area contributed by atoms with E-state index >= 15 is 0 Å². The van der Waals surface area contributed by atoms with E-state index in [0.717, 1.165) is 91.6 Å². The fourth-order valence-corrected chi connectivity index (χ4v) is 6.21. The van der Waals surface area contributed by atoms with Crippen LogP contribution in [-0.2, 0) is 47.2 Å². The fourth-order valence-electron chi connectivity index (χ4n) is 6.21. The third-order valence-electron chi connectivity index (χ3n) is 8.26. The van der Waals surface area contributed by atoms with Gasteiger partial charge in [0.1, 0.15) is 0 Å². The van der Waals surface area contributed by atoms with Crippen LogP contribution in [0.2, 0.25) is 0 Å². The van der Waals surface area contributed by atoms with Crippen LogP contribution in [0.1, 0.15) is 38.8 Å². The Bertz CT molecular complexity index is 782. The van der Waals surface area contributed by atoms with E-state index < -0.39 is 24.4 Å². The quantitative estimate of drug-likeness (QED) is 0.192. The molecule has 2 saturated heterocycles. The summed E-state index contributed by atoms with van der Waals surface area (Å²) in [6.07, 6.45) is -2.49. The molecule has 3 rings (SSSR count). The predicted octanol–water partition coefficient (Wildman–Crippen LogP) is -4.13. The second-order valence-corrected chi connectivity index (χ2v) is 12.8. The molecule has 4 N–H and O–H groups in total. The van der Waals surface area contributed by atoms with Crippen molar-refractivity contribution in [1.29, 1.82) is 0 Å². The van der Waals surface area contributed by atoms with Gasteiger partial charge in [-0.3, -0.25) is 9.80 Å². The molecule has 12 nitrogen and oxygen atoms in total. The summed E-state index contributed by atoms with van der Waals surface area (Å²) < 4.78 is 0. The molecular weight excluding hydrogens is 676 g/mol. The van der Waals surface area contributed by atoms with Crippen molar-refractivity contribution in [3.05, 3.63) is 35.4 Å². The second kappa shape index (κ2) is 25.7. The average Bonchev–Trinajstić information content (AvgIpc) is 3.04. The predicted molar refractivity (Wildman–Crippen MR) is 168 cm³/mol. The van der Waals surface area contributed by atoms with E-state index in [0.29, 0.717) is 26.2 Å². The van der Waals surface area contributed by atoms with Crippen molar-refractivity contribution in [3.8, 4) is 0 Å². The molecule has 14 heteroatoms. The average molecular weight is 737 g/mol. The van der Waals surface area contributed by atoms with E-state index in [1.807, 2.05) is 0 Å². The summed E-state index contributed by atoms with van der Waals surface area (Å²) in [7, 11) is 0. The molecule has 2 aliphatic heterocycles. The molecule has 0 unspecified atom stereocenters. The van der Waals surface area contributed by atoms with Crippen LogP contribution in [0, 0.1) is 0 Å². The maximum atomic E-state index is 11.9. The van der Waals surface area contributed by atoms with E-state index in [1.165, 1.54) is 11.1 Å². The smallest absolute Gasteiger partial charge is 0.851 e. The first-order valence-electron chi connectivity index (χ1n) is 16.1. The molecule has 263 valence electrons. The Balaban J connectivity index is 0. The Kier molecular flexibility index (Phi) is 26.8. The second-order valence-electron chi connectivity index (χ2n) is 12.8. The van der Waals surface area contributed by atoms with Crippen LogP contribution < -0.4 is 20.4 Å². The minimum Gasteiger partial charge on any atom is -0.851 e. The number of nitrogens with zero attached hydrogens (tertiary/aromatic N) is 6. The Hall–Kier alpha value is -0.221. The molecular formula is C32H60Fe2N6O6+7. The molecule has 2 heterocycles. The summed E-state index contributed by atoms with van der Waals surface area (Å²) in [4.78, 5) is 13.9. The molecule has 0 spiro atoms. The van der Waals surface area contributed by atoms with E-state index in [9.17, 15) is 20.4 Å². The molecule has 0 aromatic heterocycles. The van der Waals surface area contributed by atoms with Crippen LogP contribution in [0.3, 0.4) is 0 Å². The van der Waals surface area contributed by atoms with Gasteiger partial charge in [-0.1, -0.05) is 52.0 Å². The van der Waals surface area contributed by atoms with Gasteiger partial charge in [0.15, 0.2) is 0 Å². The van der Waals surface area contributed by atoms with Gasteiger partial charge < -0.3 is 51.0 Å². The van der Waals surface area contributed by atoms with Crippen LogP contribution in [0.15, 0.2) is 24.3 Å². The van der Waals surface area contributed by atoms with Crippen molar-refractivity contribution >= 4 is 0 Å². The van der Waals surface area contributed by atoms with Crippen molar-refractivity contribution in [2.75, 3.05) is 105 Å². The van der Waals surface area contributed by atoms with E-state index in [4.69, 9.17) is 0 Å². The van der Waals surface area contributed by atoms with E-state index in [1.54, 1.807) is 27.7 Å². The zero-order valence-electron chi connectivity index (χ0n) is 28.4. The Morgan fingerprint density at radius 1 is 0.478 bits per heavy atom. The fraction of sp³-hybridized carbons (Fsp3) is 0.812. The summed E-state index contributed by atoms with van der Waals surface area (Å²) in [6.45, 7) is 21.1. The van der Waals surface area contributed by atoms with Gasteiger partial charge in [0.2, 0.25) is 0 Å². The van der Waals surface area contributed by atoms with Gasteiger partial charge in [0.05, 0.1) is 0 Å². The number of hydrogen-bond acceptors (Lipinski definition) is 10. The maximum Gasteiger partial charge on any atom is 6.00 e. The molecule has 1 aromatic rings. The standard InChI is InChI=1S/C32H56N6O4.2Fe.2H2O/c1-27(39)21-33-8-9-34(22-28(2)40)13-17-37(16-12-33)25-31-6-5-7-32(20-31)26-38-18-14-35(23-29(3)41)10-11-36(15-19-38)24-30(4)42;;;;/h5-7,20,27-30H,8-19,21-26H2,1-4H3;;;2*1H2/q-4;+5;+6;;/t27-,28-,29-,30-;;;;/m0..../s1. The molecule has 0 aliphatic carbocycles. The minimum atomic E-state index is -0.623. The molecule has 2 fully saturated rings. The number of hydrogen-bond donors (Lipinski definition) is 0. The van der Waals surface area contributed by atoms with Crippen molar-refractivity contribution in [2.45, 2.75) is 65.2 Å². The van der Waals surface area contributed by atoms with Gasteiger partial charge in [0, 0.05) is 91.6 Å². The Morgan fingerprint density at radius 2 is 0.696 bits per heavy atom. The van der Waals surface area contributed by atoms with Crippen LogP contribution in [0.5, 0.6) is 0 Å². The first-order chi connectivity index (χ1) is 20.0. The van der Waals surface area contributed by atoms with Gasteiger partial charge in [-0.2, -0.15) is 0 Å². The maximum absolute atomic E-state index is 11.9. The molecule has 46 heavy (non-hydrogen) atoms. The van der Waals surface area contributed by atoms with Crippen LogP contribution in [-0.4, -0.2) is 169 Å². The molecule has 1 radical (unpaired) electrons. The molecule has 0 saturated carbocycles. The summed E-state index contributed by atoms with van der Waals surface area (Å²) in [5, 5.41) is 47.8. The molecule has 2 aliphatic rings. The van der Waals surface area contributed by atoms with Crippen molar-refractivity contribution in [1.82, 2.24) is 29.4 Å². The number of rotatable bonds is 12. The first kappa shape index (κ1) is 47.9. The zero-order chi connectivity index (χ0) is 30.5. The number of benzene rings is 1. The van der Waals surface area contributed by atoms with Crippen LogP contribution in [0.4, 0.5) is 0 Å². The Labute approximate surface area is 299 Å². The van der Waals surface area contributed by atoms with E-state index in [2.05, 4.69) is 53.7 Å². The molecule has 0 amide bonds. The summed E-state index contributed by atoms with van der Waals surface area (Å²) in [6, 6.07) is 8.84. The topological polar surface area (TPSA) is 175 Å². The minimum absolute atomic E-state index is 0. The van der Waals surface area contributed by atoms with Crippen molar-refractivity contribution in [3.63, 3.8) is 0 Å². The summed E-state index contributed by atoms with van der Waals surface area (Å²) >= 11 is 0. The van der Waals surface area contributed by atoms with Crippen LogP contribution in [0.25, 0.3) is 0 Å². The largest absolute Gasteiger partial charge is 6.00 e. The van der Waals surface area contributed by atoms with Gasteiger partial charge in [-0.05, 0) is 37.3 Å². The Morgan fingerprint density at radius 3 is 0.913 bits per heavy atom. The summed E-state index contributed by atoms with van der Waals surface area (Å²) in [5.41, 5.74) is 2.54. The zero-order valence-corrected chi connectivity index (χ0v) is 30.6. The van der Waals surface area contributed by atoms with Gasteiger partial charge in [-0.25, -0.2) is 0 Å². The monoisotopic (exact) mass is 736 g/mol. The van der Waals surface area contributed by atoms with Gasteiger partial charge in [0.25, 0.3) is 0 Å².